The van der Waals surface area contributed by atoms with E-state index >= 15 is 0 Å². The summed E-state index contributed by atoms with van der Waals surface area (Å²) in [6.07, 6.45) is 5.35. The molecule has 0 spiro atoms. The number of imidazole rings is 1. The van der Waals surface area contributed by atoms with Crippen LogP contribution in [0.25, 0.3) is 11.2 Å². The fourth-order valence-corrected chi connectivity index (χ4v) is 2.76. The summed E-state index contributed by atoms with van der Waals surface area (Å²) in [5.74, 6) is 2.60. The van der Waals surface area contributed by atoms with Crippen molar-refractivity contribution in [2.45, 2.75) is 24.9 Å². The Morgan fingerprint density at radius 1 is 1.44 bits per heavy atom. The number of anilines is 1. The number of aromatic nitrogens is 4. The minimum Gasteiger partial charge on any atom is -0.809 e. The van der Waals surface area contributed by atoms with E-state index in [0.29, 0.717) is 11.2 Å². The molecular weight excluding hydrogens is 371 g/mol. The molecule has 1 aliphatic heterocycles. The van der Waals surface area contributed by atoms with Gasteiger partial charge in [0.05, 0.1) is 18.8 Å². The molecule has 1 aliphatic rings. The molecule has 0 amide bonds. The molecular formula is C12H12N5Na2O5P. The Labute approximate surface area is 187 Å². The smallest absolute Gasteiger partial charge is 0.809 e. The number of fused-ring (bicyclic) bond motifs is 1. The summed E-state index contributed by atoms with van der Waals surface area (Å²) in [5.41, 5.74) is 6.59. The first-order chi connectivity index (χ1) is 10.9. The third-order valence-corrected chi connectivity index (χ3v) is 3.85. The van der Waals surface area contributed by atoms with Crippen molar-refractivity contribution >= 4 is 24.6 Å². The van der Waals surface area contributed by atoms with Gasteiger partial charge in [-0.2, -0.15) is 0 Å². The number of hydrogen-bond donors (Lipinski definition) is 1. The second kappa shape index (κ2) is 9.26. The number of terminal acetylenes is 1. The summed E-state index contributed by atoms with van der Waals surface area (Å²) >= 11 is 0. The van der Waals surface area contributed by atoms with E-state index in [4.69, 9.17) is 21.6 Å². The van der Waals surface area contributed by atoms with Crippen LogP contribution in [-0.2, 0) is 14.0 Å². The average molecular weight is 383 g/mol. The van der Waals surface area contributed by atoms with E-state index in [1.165, 1.54) is 12.7 Å². The maximum Gasteiger partial charge on any atom is 1.00 e. The number of nitrogen functional groups attached to an aromatic ring is 1. The predicted octanol–water partition coefficient (Wildman–Crippen LogP) is -7.41. The van der Waals surface area contributed by atoms with E-state index in [-0.39, 0.29) is 71.4 Å². The third kappa shape index (κ3) is 5.25. The van der Waals surface area contributed by atoms with Gasteiger partial charge < -0.3 is 29.6 Å². The molecule has 0 bridgehead atoms. The van der Waals surface area contributed by atoms with Gasteiger partial charge in [-0.15, -0.1) is 6.42 Å². The summed E-state index contributed by atoms with van der Waals surface area (Å²) in [7, 11) is -4.78. The molecule has 25 heavy (non-hydrogen) atoms. The first kappa shape index (κ1) is 23.0. The first-order valence-corrected chi connectivity index (χ1v) is 8.29. The largest absolute Gasteiger partial charge is 1.00 e. The number of nitrogens with zero attached hydrogens (tertiary/aromatic N) is 4. The van der Waals surface area contributed by atoms with Crippen molar-refractivity contribution < 1.29 is 82.9 Å². The molecule has 0 aliphatic carbocycles. The van der Waals surface area contributed by atoms with E-state index in [1.807, 2.05) is 0 Å². The van der Waals surface area contributed by atoms with Gasteiger partial charge in [0, 0.05) is 6.42 Å². The topological polar surface area (TPSA) is 151 Å². The van der Waals surface area contributed by atoms with Crippen LogP contribution in [0.3, 0.4) is 0 Å². The van der Waals surface area contributed by atoms with Gasteiger partial charge in [0.25, 0.3) is 0 Å². The first-order valence-electron chi connectivity index (χ1n) is 6.56. The summed E-state index contributed by atoms with van der Waals surface area (Å²) < 4.78 is 23.1. The van der Waals surface area contributed by atoms with Crippen LogP contribution in [0.1, 0.15) is 12.6 Å². The molecule has 3 atom stereocenters. The molecule has 2 aromatic heterocycles. The van der Waals surface area contributed by atoms with Gasteiger partial charge in [-0.25, -0.2) is 15.0 Å². The van der Waals surface area contributed by atoms with Gasteiger partial charge in [-0.05, 0) is 7.60 Å². The van der Waals surface area contributed by atoms with E-state index < -0.39 is 32.4 Å². The summed E-state index contributed by atoms with van der Waals surface area (Å²) in [6, 6.07) is 0. The second-order valence-corrected chi connectivity index (χ2v) is 6.42. The summed E-state index contributed by atoms with van der Waals surface area (Å²) in [4.78, 5) is 33.5. The molecule has 0 aromatic carbocycles. The average Bonchev–Trinajstić information content (AvgIpc) is 3.08. The zero-order valence-corrected chi connectivity index (χ0v) is 18.6. The molecule has 3 heterocycles. The van der Waals surface area contributed by atoms with Crippen LogP contribution in [0.5, 0.6) is 0 Å². The van der Waals surface area contributed by atoms with Gasteiger partial charge in [0.1, 0.15) is 24.2 Å². The molecule has 2 aromatic rings. The molecule has 1 saturated heterocycles. The summed E-state index contributed by atoms with van der Waals surface area (Å²) in [5, 5.41) is 0. The van der Waals surface area contributed by atoms with Crippen LogP contribution >= 0.6 is 7.60 Å². The Kier molecular flexibility index (Phi) is 8.53. The Hall–Kier alpha value is -0.0200. The SMILES string of the molecule is C#C[C@@H]1O[C@@H](n2cnc3c(N)ncnc32)C[C@H]1OCP(=O)([O-])[O-].[Na+].[Na+]. The van der Waals surface area contributed by atoms with Crippen molar-refractivity contribution in [3.63, 3.8) is 0 Å². The van der Waals surface area contributed by atoms with Crippen molar-refractivity contribution in [3.05, 3.63) is 12.7 Å². The van der Waals surface area contributed by atoms with E-state index in [2.05, 4.69) is 20.9 Å². The Morgan fingerprint density at radius 2 is 2.16 bits per heavy atom. The molecule has 0 unspecified atom stereocenters. The van der Waals surface area contributed by atoms with Crippen molar-refractivity contribution in [1.82, 2.24) is 19.5 Å². The fourth-order valence-electron chi connectivity index (χ4n) is 2.38. The van der Waals surface area contributed by atoms with Gasteiger partial charge in [0.15, 0.2) is 11.5 Å². The summed E-state index contributed by atoms with van der Waals surface area (Å²) in [6.45, 7) is 0. The van der Waals surface area contributed by atoms with Crippen LogP contribution in [0.15, 0.2) is 12.7 Å². The molecule has 10 nitrogen and oxygen atoms in total. The van der Waals surface area contributed by atoms with Crippen molar-refractivity contribution in [1.29, 1.82) is 0 Å². The van der Waals surface area contributed by atoms with Crippen molar-refractivity contribution in [2.75, 3.05) is 12.1 Å². The minimum atomic E-state index is -4.78. The van der Waals surface area contributed by atoms with E-state index in [9.17, 15) is 14.4 Å². The number of rotatable bonds is 4. The van der Waals surface area contributed by atoms with E-state index in [1.54, 1.807) is 4.57 Å². The number of hydrogen-bond acceptors (Lipinski definition) is 9. The second-order valence-electron chi connectivity index (χ2n) is 4.94. The monoisotopic (exact) mass is 383 g/mol. The fraction of sp³-hybridized carbons (Fsp3) is 0.417. The molecule has 0 radical (unpaired) electrons. The van der Waals surface area contributed by atoms with Gasteiger partial charge in [-0.3, -0.25) is 4.57 Å². The molecule has 2 N–H and O–H groups in total. The standard InChI is InChI=1S/C12H14N5O5P.2Na/c1-2-7-8(21-6-23(18,19)20)3-9(22-7)17-5-16-10-11(13)14-4-15-12(10)17;;/h1,4-5,7-9H,3,6H2,(H2,13,14,15)(H2,18,19,20);;/q;2*+1/p-2/t7-,8+,9+;;/m0../s1. The van der Waals surface area contributed by atoms with Gasteiger partial charge in [0.2, 0.25) is 0 Å². The van der Waals surface area contributed by atoms with Crippen LogP contribution in [0.2, 0.25) is 0 Å². The van der Waals surface area contributed by atoms with Crippen LogP contribution in [0.4, 0.5) is 5.82 Å². The molecule has 0 saturated carbocycles. The zero-order valence-electron chi connectivity index (χ0n) is 13.7. The van der Waals surface area contributed by atoms with E-state index in [0.717, 1.165) is 0 Å². The third-order valence-electron chi connectivity index (χ3n) is 3.38. The number of nitrogens with two attached hydrogens (primary N) is 1. The van der Waals surface area contributed by atoms with Crippen molar-refractivity contribution in [2.24, 2.45) is 0 Å². The van der Waals surface area contributed by atoms with Crippen LogP contribution in [0, 0.1) is 12.3 Å². The molecule has 13 heteroatoms. The molecule has 122 valence electrons. The predicted molar refractivity (Wildman–Crippen MR) is 74.4 cm³/mol. The minimum absolute atomic E-state index is 0. The zero-order chi connectivity index (χ0) is 16.6. The van der Waals surface area contributed by atoms with Crippen LogP contribution < -0.4 is 74.6 Å². The normalized spacial score (nSPS) is 22.8. The Balaban J connectivity index is 0.00000156. The Bertz CT molecular complexity index is 822. The maximum atomic E-state index is 10.7. The van der Waals surface area contributed by atoms with Crippen molar-refractivity contribution in [3.8, 4) is 12.3 Å². The Morgan fingerprint density at radius 3 is 2.80 bits per heavy atom. The van der Waals surface area contributed by atoms with Crippen LogP contribution in [-0.4, -0.2) is 38.1 Å². The number of ether oxygens (including phenoxy) is 2. The molecule has 1 fully saturated rings. The maximum absolute atomic E-state index is 10.7. The molecule has 3 rings (SSSR count). The van der Waals surface area contributed by atoms with Gasteiger partial charge >= 0.3 is 59.1 Å². The quantitative estimate of drug-likeness (QED) is 0.308. The van der Waals surface area contributed by atoms with Gasteiger partial charge in [-0.1, -0.05) is 5.92 Å².